The summed E-state index contributed by atoms with van der Waals surface area (Å²) in [6, 6.07) is 11.8. The number of ether oxygens (including phenoxy) is 1. The molecule has 7 heteroatoms. The highest BCUT2D eigenvalue weighted by Gasteiger charge is 2.24. The molecule has 0 unspecified atom stereocenters. The number of aromatic nitrogens is 1. The zero-order valence-corrected chi connectivity index (χ0v) is 18.1. The zero-order chi connectivity index (χ0) is 21.1. The molecule has 1 saturated heterocycles. The third kappa shape index (κ3) is 4.03. The second-order valence-corrected chi connectivity index (χ2v) is 8.36. The average Bonchev–Trinajstić information content (AvgIpc) is 2.94. The van der Waals surface area contributed by atoms with E-state index in [1.165, 1.54) is 0 Å². The smallest absolute Gasteiger partial charge is 0.339 e. The number of pyridine rings is 1. The molecular weight excluding hydrogens is 398 g/mol. The highest BCUT2D eigenvalue weighted by atomic mass is 32.1. The average molecular weight is 424 g/mol. The van der Waals surface area contributed by atoms with Crippen LogP contribution in [0.1, 0.15) is 38.9 Å². The zero-order valence-electron chi connectivity index (χ0n) is 17.3. The fourth-order valence-electron chi connectivity index (χ4n) is 3.78. The highest BCUT2D eigenvalue weighted by Crippen LogP contribution is 2.31. The molecule has 156 valence electrons. The van der Waals surface area contributed by atoms with Crippen LogP contribution < -0.4 is 4.90 Å². The second-order valence-electron chi connectivity index (χ2n) is 7.31. The number of hydrogen-bond acceptors (Lipinski definition) is 6. The van der Waals surface area contributed by atoms with E-state index >= 15 is 0 Å². The molecule has 1 aliphatic heterocycles. The first-order valence-electron chi connectivity index (χ1n) is 10.2. The van der Waals surface area contributed by atoms with E-state index < -0.39 is 0 Å². The minimum atomic E-state index is -0.358. The Labute approximate surface area is 180 Å². The van der Waals surface area contributed by atoms with Crippen molar-refractivity contribution in [1.82, 2.24) is 9.88 Å². The molecular formula is C23H25N3O3S. The van der Waals surface area contributed by atoms with E-state index in [-0.39, 0.29) is 11.9 Å². The van der Waals surface area contributed by atoms with Gasteiger partial charge in [0.15, 0.2) is 0 Å². The summed E-state index contributed by atoms with van der Waals surface area (Å²) in [6.45, 7) is 7.06. The number of esters is 1. The molecule has 0 aliphatic carbocycles. The Morgan fingerprint density at radius 2 is 1.93 bits per heavy atom. The fourth-order valence-corrected chi connectivity index (χ4v) is 4.96. The number of nitrogens with zero attached hydrogens (tertiary/aromatic N) is 3. The van der Waals surface area contributed by atoms with Gasteiger partial charge in [-0.1, -0.05) is 18.2 Å². The standard InChI is InChI=1S/C23H25N3O3S/c1-3-29-23(28)17-9-10-20(24-15-17)25-11-6-12-26(14-13-25)22(27)21-16(2)18-7-4-5-8-19(18)30-21/h4-5,7-10,15H,3,6,11-14H2,1-2H3. The Morgan fingerprint density at radius 3 is 2.67 bits per heavy atom. The van der Waals surface area contributed by atoms with Crippen LogP contribution in [0.15, 0.2) is 42.6 Å². The van der Waals surface area contributed by atoms with E-state index in [2.05, 4.69) is 22.0 Å². The molecule has 3 aromatic rings. The number of hydrogen-bond donors (Lipinski definition) is 0. The van der Waals surface area contributed by atoms with Gasteiger partial charge >= 0.3 is 5.97 Å². The van der Waals surface area contributed by atoms with Crippen LogP contribution in [0.2, 0.25) is 0 Å². The maximum Gasteiger partial charge on any atom is 0.339 e. The van der Waals surface area contributed by atoms with Gasteiger partial charge in [0, 0.05) is 37.1 Å². The number of thiophene rings is 1. The van der Waals surface area contributed by atoms with Gasteiger partial charge < -0.3 is 14.5 Å². The van der Waals surface area contributed by atoms with Crippen LogP contribution >= 0.6 is 11.3 Å². The molecule has 1 aromatic carbocycles. The number of benzene rings is 1. The number of anilines is 1. The number of fused-ring (bicyclic) bond motifs is 1. The lowest BCUT2D eigenvalue weighted by Crippen LogP contribution is -2.35. The minimum absolute atomic E-state index is 0.112. The van der Waals surface area contributed by atoms with Crippen molar-refractivity contribution in [3.8, 4) is 0 Å². The van der Waals surface area contributed by atoms with E-state index in [9.17, 15) is 9.59 Å². The third-order valence-electron chi connectivity index (χ3n) is 5.40. The van der Waals surface area contributed by atoms with E-state index in [1.54, 1.807) is 30.5 Å². The number of rotatable bonds is 4. The molecule has 3 heterocycles. The quantitative estimate of drug-likeness (QED) is 0.591. The molecule has 1 fully saturated rings. The number of aryl methyl sites for hydroxylation is 1. The Morgan fingerprint density at radius 1 is 1.10 bits per heavy atom. The number of carbonyl (C=O) groups excluding carboxylic acids is 2. The molecule has 0 bridgehead atoms. The van der Waals surface area contributed by atoms with E-state index in [0.717, 1.165) is 45.9 Å². The Hall–Kier alpha value is -2.93. The lowest BCUT2D eigenvalue weighted by molar-refractivity contribution is 0.0525. The molecule has 0 atom stereocenters. The third-order valence-corrected chi connectivity index (χ3v) is 6.66. The molecule has 30 heavy (non-hydrogen) atoms. The summed E-state index contributed by atoms with van der Waals surface area (Å²) in [7, 11) is 0. The molecule has 1 aliphatic rings. The fraction of sp³-hybridized carbons (Fsp3) is 0.348. The molecule has 6 nitrogen and oxygen atoms in total. The van der Waals surface area contributed by atoms with Gasteiger partial charge in [0.1, 0.15) is 5.82 Å². The van der Waals surface area contributed by atoms with Crippen LogP contribution in [0.5, 0.6) is 0 Å². The van der Waals surface area contributed by atoms with Gasteiger partial charge in [-0.05, 0) is 49.4 Å². The molecule has 1 amide bonds. The van der Waals surface area contributed by atoms with Crippen molar-refractivity contribution in [2.45, 2.75) is 20.3 Å². The summed E-state index contributed by atoms with van der Waals surface area (Å²) in [5.41, 5.74) is 1.52. The first-order chi connectivity index (χ1) is 14.6. The first-order valence-corrected chi connectivity index (χ1v) is 11.1. The van der Waals surface area contributed by atoms with Crippen molar-refractivity contribution >= 4 is 39.1 Å². The summed E-state index contributed by atoms with van der Waals surface area (Å²) >= 11 is 1.58. The summed E-state index contributed by atoms with van der Waals surface area (Å²) in [4.78, 5) is 34.4. The van der Waals surface area contributed by atoms with Crippen LogP contribution in [-0.4, -0.2) is 54.5 Å². The predicted octanol–water partition coefficient (Wildman–Crippen LogP) is 4.13. The number of carbonyl (C=O) groups is 2. The minimum Gasteiger partial charge on any atom is -0.462 e. The SMILES string of the molecule is CCOC(=O)c1ccc(N2CCCN(C(=O)c3sc4ccccc4c3C)CC2)nc1. The molecule has 4 rings (SSSR count). The lowest BCUT2D eigenvalue weighted by atomic mass is 10.1. The Bertz CT molecular complexity index is 1060. The maximum absolute atomic E-state index is 13.2. The van der Waals surface area contributed by atoms with Crippen LogP contribution in [0.25, 0.3) is 10.1 Å². The summed E-state index contributed by atoms with van der Waals surface area (Å²) in [5, 5.41) is 1.16. The number of amides is 1. The summed E-state index contributed by atoms with van der Waals surface area (Å²) in [5.74, 6) is 0.569. The van der Waals surface area contributed by atoms with Crippen molar-refractivity contribution in [2.24, 2.45) is 0 Å². The molecule has 0 N–H and O–H groups in total. The van der Waals surface area contributed by atoms with Crippen molar-refractivity contribution in [2.75, 3.05) is 37.7 Å². The first kappa shape index (κ1) is 20.3. The van der Waals surface area contributed by atoms with E-state index in [1.807, 2.05) is 30.0 Å². The van der Waals surface area contributed by atoms with Crippen LogP contribution in [0.4, 0.5) is 5.82 Å². The second kappa shape index (κ2) is 8.83. The highest BCUT2D eigenvalue weighted by molar-refractivity contribution is 7.21. The Balaban J connectivity index is 1.45. The van der Waals surface area contributed by atoms with Crippen molar-refractivity contribution in [3.63, 3.8) is 0 Å². The topological polar surface area (TPSA) is 62.7 Å². The molecule has 0 spiro atoms. The van der Waals surface area contributed by atoms with Gasteiger partial charge in [-0.2, -0.15) is 0 Å². The van der Waals surface area contributed by atoms with E-state index in [4.69, 9.17) is 4.74 Å². The maximum atomic E-state index is 13.2. The lowest BCUT2D eigenvalue weighted by Gasteiger charge is -2.23. The largest absolute Gasteiger partial charge is 0.462 e. The van der Waals surface area contributed by atoms with Crippen LogP contribution in [0, 0.1) is 6.92 Å². The van der Waals surface area contributed by atoms with Gasteiger partial charge in [-0.15, -0.1) is 11.3 Å². The van der Waals surface area contributed by atoms with Gasteiger partial charge in [-0.3, -0.25) is 4.79 Å². The van der Waals surface area contributed by atoms with Gasteiger partial charge in [0.25, 0.3) is 5.91 Å². The van der Waals surface area contributed by atoms with Gasteiger partial charge in [-0.25, -0.2) is 9.78 Å². The normalized spacial score (nSPS) is 14.6. The van der Waals surface area contributed by atoms with Gasteiger partial charge in [0.05, 0.1) is 17.0 Å². The summed E-state index contributed by atoms with van der Waals surface area (Å²) in [6.07, 6.45) is 2.43. The Kier molecular flexibility index (Phi) is 5.99. The molecule has 0 radical (unpaired) electrons. The van der Waals surface area contributed by atoms with Gasteiger partial charge in [0.2, 0.25) is 0 Å². The molecule has 0 saturated carbocycles. The summed E-state index contributed by atoms with van der Waals surface area (Å²) < 4.78 is 6.16. The molecule has 2 aromatic heterocycles. The van der Waals surface area contributed by atoms with Crippen molar-refractivity contribution in [1.29, 1.82) is 0 Å². The predicted molar refractivity (Wildman–Crippen MR) is 119 cm³/mol. The van der Waals surface area contributed by atoms with Crippen molar-refractivity contribution in [3.05, 3.63) is 58.6 Å². The van der Waals surface area contributed by atoms with Crippen LogP contribution in [-0.2, 0) is 4.74 Å². The monoisotopic (exact) mass is 423 g/mol. The van der Waals surface area contributed by atoms with Crippen molar-refractivity contribution < 1.29 is 14.3 Å². The van der Waals surface area contributed by atoms with E-state index in [0.29, 0.717) is 25.3 Å². The van der Waals surface area contributed by atoms with Crippen LogP contribution in [0.3, 0.4) is 0 Å².